The van der Waals surface area contributed by atoms with E-state index in [1.807, 2.05) is 30.3 Å². The second kappa shape index (κ2) is 8.06. The number of hydrogen-bond acceptors (Lipinski definition) is 5. The molecule has 1 atom stereocenters. The van der Waals surface area contributed by atoms with Gasteiger partial charge in [-0.3, -0.25) is 4.79 Å². The largest absolute Gasteiger partial charge is 0.481 e. The molecule has 0 aliphatic rings. The third-order valence-corrected chi connectivity index (χ3v) is 4.34. The van der Waals surface area contributed by atoms with Crippen LogP contribution in [0.5, 0.6) is 5.75 Å². The molecule has 0 fully saturated rings. The fourth-order valence-corrected chi connectivity index (χ4v) is 2.80. The molecule has 0 spiro atoms. The molecule has 3 aromatic carbocycles. The summed E-state index contributed by atoms with van der Waals surface area (Å²) in [5.41, 5.74) is 1.75. The van der Waals surface area contributed by atoms with E-state index >= 15 is 0 Å². The van der Waals surface area contributed by atoms with Crippen LogP contribution < -0.4 is 4.74 Å². The first kappa shape index (κ1) is 18.6. The first-order chi connectivity index (χ1) is 14.1. The third kappa shape index (κ3) is 4.21. The van der Waals surface area contributed by atoms with Crippen molar-refractivity contribution in [2.45, 2.75) is 13.0 Å². The van der Waals surface area contributed by atoms with Gasteiger partial charge in [0.25, 0.3) is 5.89 Å². The minimum Gasteiger partial charge on any atom is -0.481 e. The Balaban J connectivity index is 1.44. The lowest BCUT2D eigenvalue weighted by Gasteiger charge is -2.11. The Hall–Kier alpha value is -3.80. The first-order valence-electron chi connectivity index (χ1n) is 9.06. The van der Waals surface area contributed by atoms with Gasteiger partial charge in [0, 0.05) is 16.7 Å². The second-order valence-electron chi connectivity index (χ2n) is 6.43. The lowest BCUT2D eigenvalue weighted by molar-refractivity contribution is 0.103. The Morgan fingerprint density at radius 3 is 2.17 bits per heavy atom. The van der Waals surface area contributed by atoms with Crippen molar-refractivity contribution in [2.75, 3.05) is 0 Å². The molecule has 5 nitrogen and oxygen atoms in total. The van der Waals surface area contributed by atoms with Gasteiger partial charge in [0.2, 0.25) is 5.89 Å². The van der Waals surface area contributed by atoms with E-state index in [2.05, 4.69) is 10.2 Å². The van der Waals surface area contributed by atoms with Crippen LogP contribution in [0.25, 0.3) is 11.5 Å². The molecule has 0 saturated carbocycles. The van der Waals surface area contributed by atoms with Crippen LogP contribution in [-0.2, 0) is 0 Å². The Kier molecular flexibility index (Phi) is 5.16. The number of aromatic nitrogens is 2. The highest BCUT2D eigenvalue weighted by Gasteiger charge is 2.17. The summed E-state index contributed by atoms with van der Waals surface area (Å²) in [6, 6.07) is 21.7. The Labute approximate surface area is 166 Å². The van der Waals surface area contributed by atoms with E-state index in [4.69, 9.17) is 9.15 Å². The van der Waals surface area contributed by atoms with Crippen LogP contribution in [0.4, 0.5) is 4.39 Å². The van der Waals surface area contributed by atoms with Gasteiger partial charge in [-0.05, 0) is 67.6 Å². The predicted octanol–water partition coefficient (Wildman–Crippen LogP) is 5.25. The predicted molar refractivity (Wildman–Crippen MR) is 105 cm³/mol. The SMILES string of the molecule is C[C@H](Oc1ccc(C(=O)c2ccc(F)cc2)cc1)c1nnc(-c2ccccc2)o1. The molecular weight excluding hydrogens is 371 g/mol. The molecular formula is C23H17FN2O3. The number of nitrogens with zero attached hydrogens (tertiary/aromatic N) is 2. The van der Waals surface area contributed by atoms with Crippen molar-refractivity contribution in [1.82, 2.24) is 10.2 Å². The quantitative estimate of drug-likeness (QED) is 0.422. The molecule has 4 rings (SSSR count). The second-order valence-corrected chi connectivity index (χ2v) is 6.43. The van der Waals surface area contributed by atoms with Crippen LogP contribution in [0, 0.1) is 5.82 Å². The summed E-state index contributed by atoms with van der Waals surface area (Å²) in [6.07, 6.45) is -0.460. The van der Waals surface area contributed by atoms with Gasteiger partial charge in [-0.15, -0.1) is 10.2 Å². The topological polar surface area (TPSA) is 65.2 Å². The average Bonchev–Trinajstić information content (AvgIpc) is 3.26. The van der Waals surface area contributed by atoms with Crippen molar-refractivity contribution in [1.29, 1.82) is 0 Å². The lowest BCUT2D eigenvalue weighted by atomic mass is 10.0. The molecule has 4 aromatic rings. The third-order valence-electron chi connectivity index (χ3n) is 4.34. The van der Waals surface area contributed by atoms with Gasteiger partial charge in [-0.2, -0.15) is 0 Å². The molecule has 0 unspecified atom stereocenters. The van der Waals surface area contributed by atoms with E-state index in [0.29, 0.717) is 28.7 Å². The minimum absolute atomic E-state index is 0.186. The van der Waals surface area contributed by atoms with Crippen molar-refractivity contribution >= 4 is 5.78 Å². The number of hydrogen-bond donors (Lipinski definition) is 0. The number of ketones is 1. The maximum atomic E-state index is 13.0. The summed E-state index contributed by atoms with van der Waals surface area (Å²) >= 11 is 0. The summed E-state index contributed by atoms with van der Waals surface area (Å²) < 4.78 is 24.6. The Morgan fingerprint density at radius 2 is 1.52 bits per heavy atom. The van der Waals surface area contributed by atoms with Crippen LogP contribution >= 0.6 is 0 Å². The molecule has 1 aromatic heterocycles. The summed E-state index contributed by atoms with van der Waals surface area (Å²) in [7, 11) is 0. The highest BCUT2D eigenvalue weighted by Crippen LogP contribution is 2.25. The van der Waals surface area contributed by atoms with Crippen molar-refractivity contribution in [2.24, 2.45) is 0 Å². The van der Waals surface area contributed by atoms with Gasteiger partial charge in [-0.25, -0.2) is 4.39 Å². The minimum atomic E-state index is -0.460. The molecule has 0 bridgehead atoms. The van der Waals surface area contributed by atoms with Gasteiger partial charge in [0.1, 0.15) is 11.6 Å². The summed E-state index contributed by atoms with van der Waals surface area (Å²) in [6.45, 7) is 1.81. The van der Waals surface area contributed by atoms with Crippen LogP contribution in [0.2, 0.25) is 0 Å². The van der Waals surface area contributed by atoms with E-state index in [1.54, 1.807) is 31.2 Å². The first-order valence-corrected chi connectivity index (χ1v) is 9.06. The van der Waals surface area contributed by atoms with Gasteiger partial charge >= 0.3 is 0 Å². The zero-order valence-corrected chi connectivity index (χ0v) is 15.6. The summed E-state index contributed by atoms with van der Waals surface area (Å²) in [5, 5.41) is 8.11. The smallest absolute Gasteiger partial charge is 0.257 e. The standard InChI is InChI=1S/C23H17FN2O3/c1-15(22-25-26-23(29-22)18-5-3-2-4-6-18)28-20-13-9-17(10-14-20)21(27)16-7-11-19(24)12-8-16/h2-15H,1H3/t15-/m0/s1. The summed E-state index contributed by atoms with van der Waals surface area (Å²) in [4.78, 5) is 12.5. The lowest BCUT2D eigenvalue weighted by Crippen LogP contribution is -2.05. The van der Waals surface area contributed by atoms with Crippen LogP contribution in [0.1, 0.15) is 34.8 Å². The zero-order valence-electron chi connectivity index (χ0n) is 15.6. The van der Waals surface area contributed by atoms with Gasteiger partial charge in [0.05, 0.1) is 0 Å². The monoisotopic (exact) mass is 388 g/mol. The number of ether oxygens (including phenoxy) is 1. The molecule has 0 amide bonds. The van der Waals surface area contributed by atoms with Gasteiger partial charge in [-0.1, -0.05) is 18.2 Å². The highest BCUT2D eigenvalue weighted by atomic mass is 19.1. The number of carbonyl (C=O) groups excluding carboxylic acids is 1. The number of halogens is 1. The maximum Gasteiger partial charge on any atom is 0.257 e. The van der Waals surface area contributed by atoms with E-state index in [0.717, 1.165) is 5.56 Å². The van der Waals surface area contributed by atoms with Gasteiger partial charge < -0.3 is 9.15 Å². The van der Waals surface area contributed by atoms with Crippen molar-refractivity contribution < 1.29 is 18.3 Å². The van der Waals surface area contributed by atoms with E-state index in [9.17, 15) is 9.18 Å². The number of rotatable bonds is 6. The number of benzene rings is 3. The molecule has 144 valence electrons. The highest BCUT2D eigenvalue weighted by molar-refractivity contribution is 6.08. The summed E-state index contributed by atoms with van der Waals surface area (Å²) in [5.74, 6) is 0.781. The fourth-order valence-electron chi connectivity index (χ4n) is 2.80. The normalized spacial score (nSPS) is 11.8. The molecule has 0 saturated heterocycles. The Morgan fingerprint density at radius 1 is 0.897 bits per heavy atom. The van der Waals surface area contributed by atoms with Crippen molar-refractivity contribution in [3.63, 3.8) is 0 Å². The molecule has 0 aliphatic heterocycles. The molecule has 1 heterocycles. The molecule has 0 N–H and O–H groups in total. The molecule has 0 radical (unpaired) electrons. The fraction of sp³-hybridized carbons (Fsp3) is 0.0870. The van der Waals surface area contributed by atoms with E-state index < -0.39 is 6.10 Å². The van der Waals surface area contributed by atoms with Crippen molar-refractivity contribution in [3.8, 4) is 17.2 Å². The molecule has 29 heavy (non-hydrogen) atoms. The molecule has 0 aliphatic carbocycles. The van der Waals surface area contributed by atoms with Gasteiger partial charge in [0.15, 0.2) is 11.9 Å². The van der Waals surface area contributed by atoms with Crippen molar-refractivity contribution in [3.05, 3.63) is 102 Å². The average molecular weight is 388 g/mol. The van der Waals surface area contributed by atoms with Crippen LogP contribution in [-0.4, -0.2) is 16.0 Å². The van der Waals surface area contributed by atoms with E-state index in [1.165, 1.54) is 24.3 Å². The van der Waals surface area contributed by atoms with Crippen LogP contribution in [0.3, 0.4) is 0 Å². The number of carbonyl (C=O) groups is 1. The Bertz CT molecular complexity index is 1110. The zero-order chi connectivity index (χ0) is 20.2. The maximum absolute atomic E-state index is 13.0. The molecule has 6 heteroatoms. The van der Waals surface area contributed by atoms with E-state index in [-0.39, 0.29) is 11.6 Å². The van der Waals surface area contributed by atoms with Crippen LogP contribution in [0.15, 0.2) is 83.3 Å².